The zero-order valence-corrected chi connectivity index (χ0v) is 13.6. The number of hydrogen-bond acceptors (Lipinski definition) is 4. The van der Waals surface area contributed by atoms with Gasteiger partial charge in [0.2, 0.25) is 0 Å². The molecule has 1 atom stereocenters. The minimum absolute atomic E-state index is 0.0951. The van der Waals surface area contributed by atoms with E-state index in [1.807, 2.05) is 27.7 Å². The standard InChI is InChI=1S/C16H26N2O3/c1-10(2)6-16(9-17,15(19)20)7-13-12(4)14(21-5)11(3)8-18-13/h8,10H,6-7,9,17H2,1-5H3,(H,19,20). The molecule has 0 aromatic carbocycles. The summed E-state index contributed by atoms with van der Waals surface area (Å²) >= 11 is 0. The average Bonchev–Trinajstić information content (AvgIpc) is 2.40. The van der Waals surface area contributed by atoms with Crippen molar-refractivity contribution in [3.8, 4) is 5.75 Å². The third-order valence-corrected chi connectivity index (χ3v) is 3.90. The Morgan fingerprint density at radius 3 is 2.52 bits per heavy atom. The molecule has 21 heavy (non-hydrogen) atoms. The minimum atomic E-state index is -0.980. The van der Waals surface area contributed by atoms with Gasteiger partial charge >= 0.3 is 5.97 Å². The van der Waals surface area contributed by atoms with Crippen molar-refractivity contribution in [2.24, 2.45) is 17.1 Å². The Morgan fingerprint density at radius 2 is 2.10 bits per heavy atom. The Bertz CT molecular complexity index is 514. The van der Waals surface area contributed by atoms with Crippen molar-refractivity contribution in [1.82, 2.24) is 4.98 Å². The molecule has 1 aromatic heterocycles. The zero-order valence-electron chi connectivity index (χ0n) is 13.6. The van der Waals surface area contributed by atoms with Gasteiger partial charge in [0, 0.05) is 36.0 Å². The molecule has 0 aliphatic rings. The lowest BCUT2D eigenvalue weighted by molar-refractivity contribution is -0.149. The molecule has 0 radical (unpaired) electrons. The van der Waals surface area contributed by atoms with Crippen LogP contribution < -0.4 is 10.5 Å². The van der Waals surface area contributed by atoms with Crippen molar-refractivity contribution < 1.29 is 14.6 Å². The largest absolute Gasteiger partial charge is 0.496 e. The van der Waals surface area contributed by atoms with E-state index in [1.54, 1.807) is 13.3 Å². The van der Waals surface area contributed by atoms with Crippen LogP contribution >= 0.6 is 0 Å². The molecule has 5 heteroatoms. The summed E-state index contributed by atoms with van der Waals surface area (Å²) in [4.78, 5) is 16.2. The molecule has 0 aliphatic carbocycles. The van der Waals surface area contributed by atoms with Crippen molar-refractivity contribution in [3.05, 3.63) is 23.0 Å². The summed E-state index contributed by atoms with van der Waals surface area (Å²) in [7, 11) is 1.61. The van der Waals surface area contributed by atoms with E-state index in [-0.39, 0.29) is 12.5 Å². The van der Waals surface area contributed by atoms with Crippen LogP contribution in [0.3, 0.4) is 0 Å². The number of carbonyl (C=O) groups is 1. The Hall–Kier alpha value is -1.62. The first-order valence-electron chi connectivity index (χ1n) is 7.20. The maximum atomic E-state index is 11.8. The molecule has 0 bridgehead atoms. The van der Waals surface area contributed by atoms with Gasteiger partial charge < -0.3 is 15.6 Å². The van der Waals surface area contributed by atoms with E-state index in [2.05, 4.69) is 4.98 Å². The summed E-state index contributed by atoms with van der Waals surface area (Å²) in [6.07, 6.45) is 2.56. The van der Waals surface area contributed by atoms with Crippen molar-refractivity contribution in [2.45, 2.75) is 40.5 Å². The number of nitrogens with two attached hydrogens (primary N) is 1. The molecule has 0 spiro atoms. The third kappa shape index (κ3) is 3.73. The van der Waals surface area contributed by atoms with Crippen LogP contribution in [0.15, 0.2) is 6.20 Å². The molecule has 0 fully saturated rings. The van der Waals surface area contributed by atoms with E-state index >= 15 is 0 Å². The van der Waals surface area contributed by atoms with Gasteiger partial charge in [-0.3, -0.25) is 9.78 Å². The molecule has 0 saturated carbocycles. The van der Waals surface area contributed by atoms with Gasteiger partial charge in [-0.05, 0) is 26.2 Å². The fourth-order valence-electron chi connectivity index (χ4n) is 2.83. The second-order valence-electron chi connectivity index (χ2n) is 6.11. The fraction of sp³-hybridized carbons (Fsp3) is 0.625. The molecular formula is C16H26N2O3. The smallest absolute Gasteiger partial charge is 0.311 e. The number of aliphatic carboxylic acids is 1. The zero-order chi connectivity index (χ0) is 16.2. The fourth-order valence-corrected chi connectivity index (χ4v) is 2.83. The van der Waals surface area contributed by atoms with Gasteiger partial charge in [-0.15, -0.1) is 0 Å². The highest BCUT2D eigenvalue weighted by Crippen LogP contribution is 2.33. The van der Waals surface area contributed by atoms with Gasteiger partial charge in [0.25, 0.3) is 0 Å². The number of rotatable bonds is 7. The van der Waals surface area contributed by atoms with E-state index < -0.39 is 11.4 Å². The Balaban J connectivity index is 3.24. The Labute approximate surface area is 126 Å². The summed E-state index contributed by atoms with van der Waals surface area (Å²) in [6.45, 7) is 7.93. The normalized spacial score (nSPS) is 14.0. The number of hydrogen-bond donors (Lipinski definition) is 2. The van der Waals surface area contributed by atoms with Gasteiger partial charge in [-0.1, -0.05) is 13.8 Å². The van der Waals surface area contributed by atoms with Crippen molar-refractivity contribution in [1.29, 1.82) is 0 Å². The van der Waals surface area contributed by atoms with Crippen molar-refractivity contribution in [3.63, 3.8) is 0 Å². The van der Waals surface area contributed by atoms with Crippen LogP contribution in [-0.2, 0) is 11.2 Å². The van der Waals surface area contributed by atoms with Gasteiger partial charge in [-0.25, -0.2) is 0 Å². The summed E-state index contributed by atoms with van der Waals surface area (Å²) in [5.74, 6) is 0.151. The highest BCUT2D eigenvalue weighted by molar-refractivity contribution is 5.75. The highest BCUT2D eigenvalue weighted by atomic mass is 16.5. The lowest BCUT2D eigenvalue weighted by Crippen LogP contribution is -2.42. The Kier molecular flexibility index (Phi) is 5.72. The summed E-state index contributed by atoms with van der Waals surface area (Å²) in [5, 5.41) is 9.67. The highest BCUT2D eigenvalue weighted by Gasteiger charge is 2.39. The monoisotopic (exact) mass is 294 g/mol. The summed E-state index contributed by atoms with van der Waals surface area (Å²) < 4.78 is 5.39. The molecular weight excluding hydrogens is 268 g/mol. The number of nitrogens with zero attached hydrogens (tertiary/aromatic N) is 1. The maximum absolute atomic E-state index is 11.8. The first kappa shape index (κ1) is 17.4. The van der Waals surface area contributed by atoms with Crippen LogP contribution in [0, 0.1) is 25.2 Å². The second-order valence-corrected chi connectivity index (χ2v) is 6.11. The van der Waals surface area contributed by atoms with Gasteiger partial charge in [0.15, 0.2) is 0 Å². The second kappa shape index (κ2) is 6.89. The molecule has 0 aliphatic heterocycles. The first-order valence-corrected chi connectivity index (χ1v) is 7.20. The molecule has 1 aromatic rings. The number of pyridine rings is 1. The van der Waals surface area contributed by atoms with Crippen LogP contribution in [0.4, 0.5) is 0 Å². The molecule has 0 saturated heterocycles. The van der Waals surface area contributed by atoms with E-state index in [1.165, 1.54) is 0 Å². The van der Waals surface area contributed by atoms with Crippen molar-refractivity contribution in [2.75, 3.05) is 13.7 Å². The number of carboxylic acid groups (broad SMARTS) is 1. The lowest BCUT2D eigenvalue weighted by atomic mass is 9.75. The van der Waals surface area contributed by atoms with E-state index in [9.17, 15) is 9.90 Å². The molecule has 118 valence electrons. The number of ether oxygens (including phenoxy) is 1. The molecule has 1 rings (SSSR count). The van der Waals surface area contributed by atoms with Gasteiger partial charge in [-0.2, -0.15) is 0 Å². The number of aryl methyl sites for hydroxylation is 1. The summed E-state index contributed by atoms with van der Waals surface area (Å²) in [6, 6.07) is 0. The predicted molar refractivity (Wildman–Crippen MR) is 82.5 cm³/mol. The SMILES string of the molecule is COc1c(C)cnc(CC(CN)(CC(C)C)C(=O)O)c1C. The summed E-state index contributed by atoms with van der Waals surface area (Å²) in [5.41, 5.74) is 7.41. The Morgan fingerprint density at radius 1 is 1.48 bits per heavy atom. The molecule has 5 nitrogen and oxygen atoms in total. The van der Waals surface area contributed by atoms with Crippen molar-refractivity contribution >= 4 is 5.97 Å². The molecule has 3 N–H and O–H groups in total. The van der Waals surface area contributed by atoms with E-state index in [0.29, 0.717) is 12.8 Å². The average molecular weight is 294 g/mol. The number of methoxy groups -OCH3 is 1. The van der Waals surface area contributed by atoms with Crippen LogP contribution in [0.2, 0.25) is 0 Å². The number of carboxylic acids is 1. The quantitative estimate of drug-likeness (QED) is 0.806. The first-order chi connectivity index (χ1) is 9.77. The van der Waals surface area contributed by atoms with Crippen LogP contribution in [0.25, 0.3) is 0 Å². The molecule has 0 amide bonds. The predicted octanol–water partition coefficient (Wildman–Crippen LogP) is 2.33. The lowest BCUT2D eigenvalue weighted by Gasteiger charge is -2.30. The molecule has 1 unspecified atom stereocenters. The van der Waals surface area contributed by atoms with Crippen LogP contribution in [0.1, 0.15) is 37.1 Å². The molecule has 1 heterocycles. The van der Waals surface area contributed by atoms with Gasteiger partial charge in [0.05, 0.1) is 12.5 Å². The number of aromatic nitrogens is 1. The van der Waals surface area contributed by atoms with Crippen LogP contribution in [-0.4, -0.2) is 29.7 Å². The van der Waals surface area contributed by atoms with Crippen LogP contribution in [0.5, 0.6) is 5.75 Å². The third-order valence-electron chi connectivity index (χ3n) is 3.90. The van der Waals surface area contributed by atoms with E-state index in [0.717, 1.165) is 22.6 Å². The topological polar surface area (TPSA) is 85.4 Å². The van der Waals surface area contributed by atoms with Gasteiger partial charge in [0.1, 0.15) is 5.75 Å². The van der Waals surface area contributed by atoms with E-state index in [4.69, 9.17) is 10.5 Å². The maximum Gasteiger partial charge on any atom is 0.311 e. The minimum Gasteiger partial charge on any atom is -0.496 e.